The zero-order valence-corrected chi connectivity index (χ0v) is 11.9. The molecule has 20 heavy (non-hydrogen) atoms. The highest BCUT2D eigenvalue weighted by Crippen LogP contribution is 2.26. The zero-order valence-electron chi connectivity index (χ0n) is 11.9. The molecule has 0 aliphatic heterocycles. The molecule has 0 aliphatic rings. The van der Waals surface area contributed by atoms with Gasteiger partial charge in [-0.1, -0.05) is 12.1 Å². The maximum absolute atomic E-state index is 13.6. The van der Waals surface area contributed by atoms with E-state index >= 15 is 0 Å². The lowest BCUT2D eigenvalue weighted by Crippen LogP contribution is -2.02. The minimum Gasteiger partial charge on any atom is -0.495 e. The van der Waals surface area contributed by atoms with Gasteiger partial charge in [-0.05, 0) is 42.3 Å². The number of hydrogen-bond donors (Lipinski definition) is 1. The number of nitrogens with one attached hydrogen (secondary N) is 1. The normalized spacial score (nSPS) is 10.2. The first-order valence-electron chi connectivity index (χ1n) is 6.35. The van der Waals surface area contributed by atoms with Gasteiger partial charge in [0.1, 0.15) is 5.75 Å². The van der Waals surface area contributed by atoms with E-state index in [4.69, 9.17) is 9.47 Å². The average Bonchev–Trinajstić information content (AvgIpc) is 2.46. The van der Waals surface area contributed by atoms with E-state index in [9.17, 15) is 4.39 Å². The van der Waals surface area contributed by atoms with Crippen LogP contribution in [0.25, 0.3) is 0 Å². The van der Waals surface area contributed by atoms with Crippen molar-refractivity contribution in [1.82, 2.24) is 0 Å². The summed E-state index contributed by atoms with van der Waals surface area (Å²) in [5.41, 5.74) is 2.85. The van der Waals surface area contributed by atoms with Crippen LogP contribution in [0.1, 0.15) is 11.1 Å². The first-order chi connectivity index (χ1) is 9.63. The molecule has 4 heteroatoms. The zero-order chi connectivity index (χ0) is 14.5. The lowest BCUT2D eigenvalue weighted by Gasteiger charge is -2.12. The van der Waals surface area contributed by atoms with E-state index in [1.54, 1.807) is 13.2 Å². The van der Waals surface area contributed by atoms with Gasteiger partial charge in [-0.15, -0.1) is 0 Å². The number of ether oxygens (including phenoxy) is 2. The number of methoxy groups -OCH3 is 2. The number of anilines is 1. The Morgan fingerprint density at radius 2 is 1.75 bits per heavy atom. The van der Waals surface area contributed by atoms with Crippen LogP contribution in [0.15, 0.2) is 36.4 Å². The van der Waals surface area contributed by atoms with E-state index in [0.29, 0.717) is 6.54 Å². The van der Waals surface area contributed by atoms with Crippen LogP contribution in [0.4, 0.5) is 10.1 Å². The maximum Gasteiger partial charge on any atom is 0.165 e. The van der Waals surface area contributed by atoms with Crippen molar-refractivity contribution in [1.29, 1.82) is 0 Å². The van der Waals surface area contributed by atoms with E-state index in [2.05, 4.69) is 5.32 Å². The van der Waals surface area contributed by atoms with Crippen LogP contribution in [0, 0.1) is 12.7 Å². The van der Waals surface area contributed by atoms with Gasteiger partial charge in [0.25, 0.3) is 0 Å². The van der Waals surface area contributed by atoms with Crippen LogP contribution in [0.2, 0.25) is 0 Å². The molecule has 0 saturated heterocycles. The van der Waals surface area contributed by atoms with Gasteiger partial charge in [-0.3, -0.25) is 0 Å². The summed E-state index contributed by atoms with van der Waals surface area (Å²) >= 11 is 0. The Morgan fingerprint density at radius 1 is 1.00 bits per heavy atom. The van der Waals surface area contributed by atoms with Gasteiger partial charge >= 0.3 is 0 Å². The van der Waals surface area contributed by atoms with Crippen LogP contribution in [-0.2, 0) is 6.54 Å². The number of benzene rings is 2. The minimum absolute atomic E-state index is 0.252. The molecule has 106 valence electrons. The molecule has 0 fully saturated rings. The molecule has 0 amide bonds. The molecule has 0 unspecified atom stereocenters. The van der Waals surface area contributed by atoms with E-state index in [1.165, 1.54) is 13.2 Å². The average molecular weight is 275 g/mol. The highest BCUT2D eigenvalue weighted by atomic mass is 19.1. The largest absolute Gasteiger partial charge is 0.495 e. The Labute approximate surface area is 118 Å². The number of halogens is 1. The second-order valence-corrected chi connectivity index (χ2v) is 4.53. The second kappa shape index (κ2) is 6.28. The van der Waals surface area contributed by atoms with Gasteiger partial charge in [0.05, 0.1) is 19.9 Å². The van der Waals surface area contributed by atoms with E-state index in [-0.39, 0.29) is 11.6 Å². The SMILES string of the molecule is COc1ccc(CNc2ccc(C)cc2OC)cc1F. The smallest absolute Gasteiger partial charge is 0.165 e. The Kier molecular flexibility index (Phi) is 4.45. The third-order valence-electron chi connectivity index (χ3n) is 3.06. The molecule has 0 radical (unpaired) electrons. The maximum atomic E-state index is 13.6. The van der Waals surface area contributed by atoms with Crippen molar-refractivity contribution < 1.29 is 13.9 Å². The summed E-state index contributed by atoms with van der Waals surface area (Å²) in [4.78, 5) is 0. The highest BCUT2D eigenvalue weighted by Gasteiger charge is 2.05. The van der Waals surface area contributed by atoms with Crippen molar-refractivity contribution in [2.45, 2.75) is 13.5 Å². The summed E-state index contributed by atoms with van der Waals surface area (Å²) in [5.74, 6) is 0.670. The Bertz CT molecular complexity index is 599. The quantitative estimate of drug-likeness (QED) is 0.901. The number of rotatable bonds is 5. The van der Waals surface area contributed by atoms with Crippen LogP contribution in [0.5, 0.6) is 11.5 Å². The fraction of sp³-hybridized carbons (Fsp3) is 0.250. The summed E-state index contributed by atoms with van der Waals surface area (Å²) < 4.78 is 23.8. The lowest BCUT2D eigenvalue weighted by atomic mass is 10.2. The topological polar surface area (TPSA) is 30.5 Å². The molecule has 2 aromatic rings. The van der Waals surface area contributed by atoms with Crippen molar-refractivity contribution in [2.75, 3.05) is 19.5 Å². The van der Waals surface area contributed by atoms with Crippen molar-refractivity contribution in [3.8, 4) is 11.5 Å². The Hall–Kier alpha value is -2.23. The third kappa shape index (κ3) is 3.20. The first-order valence-corrected chi connectivity index (χ1v) is 6.35. The van der Waals surface area contributed by atoms with Gasteiger partial charge in [0.2, 0.25) is 0 Å². The molecule has 0 saturated carbocycles. The predicted octanol–water partition coefficient (Wildman–Crippen LogP) is 3.76. The van der Waals surface area contributed by atoms with Crippen molar-refractivity contribution in [2.24, 2.45) is 0 Å². The van der Waals surface area contributed by atoms with E-state index < -0.39 is 0 Å². The molecule has 0 aromatic heterocycles. The fourth-order valence-corrected chi connectivity index (χ4v) is 1.96. The van der Waals surface area contributed by atoms with Gasteiger partial charge in [0.15, 0.2) is 11.6 Å². The van der Waals surface area contributed by atoms with Crippen LogP contribution in [-0.4, -0.2) is 14.2 Å². The molecule has 0 heterocycles. The van der Waals surface area contributed by atoms with Gasteiger partial charge in [-0.25, -0.2) is 4.39 Å². The molecule has 2 rings (SSSR count). The Morgan fingerprint density at radius 3 is 2.40 bits per heavy atom. The molecular weight excluding hydrogens is 257 g/mol. The first kappa shape index (κ1) is 14.2. The molecule has 2 aromatic carbocycles. The number of hydrogen-bond acceptors (Lipinski definition) is 3. The van der Waals surface area contributed by atoms with Crippen LogP contribution in [0.3, 0.4) is 0 Å². The van der Waals surface area contributed by atoms with E-state index in [0.717, 1.165) is 22.6 Å². The molecule has 0 spiro atoms. The summed E-state index contributed by atoms with van der Waals surface area (Å²) in [6, 6.07) is 10.8. The monoisotopic (exact) mass is 275 g/mol. The van der Waals surface area contributed by atoms with Crippen LogP contribution < -0.4 is 14.8 Å². The lowest BCUT2D eigenvalue weighted by molar-refractivity contribution is 0.386. The van der Waals surface area contributed by atoms with Crippen LogP contribution >= 0.6 is 0 Å². The van der Waals surface area contributed by atoms with Gasteiger partial charge in [0, 0.05) is 6.54 Å². The second-order valence-electron chi connectivity index (χ2n) is 4.53. The summed E-state index contributed by atoms with van der Waals surface area (Å²) in [5, 5.41) is 3.24. The summed E-state index contributed by atoms with van der Waals surface area (Å²) in [6.45, 7) is 2.52. The Balaban J connectivity index is 2.10. The predicted molar refractivity (Wildman–Crippen MR) is 78.0 cm³/mol. The van der Waals surface area contributed by atoms with E-state index in [1.807, 2.05) is 31.2 Å². The highest BCUT2D eigenvalue weighted by molar-refractivity contribution is 5.57. The molecule has 1 N–H and O–H groups in total. The third-order valence-corrected chi connectivity index (χ3v) is 3.06. The molecule has 3 nitrogen and oxygen atoms in total. The van der Waals surface area contributed by atoms with Gasteiger partial charge < -0.3 is 14.8 Å². The fourth-order valence-electron chi connectivity index (χ4n) is 1.96. The van der Waals surface area contributed by atoms with Crippen molar-refractivity contribution >= 4 is 5.69 Å². The molecule has 0 aliphatic carbocycles. The summed E-state index contributed by atoms with van der Waals surface area (Å²) in [6.07, 6.45) is 0. The molecule has 0 atom stereocenters. The number of aryl methyl sites for hydroxylation is 1. The standard InChI is InChI=1S/C16H18FNO2/c1-11-4-6-14(16(8-11)20-3)18-10-12-5-7-15(19-2)13(17)9-12/h4-9,18H,10H2,1-3H3. The minimum atomic E-state index is -0.359. The van der Waals surface area contributed by atoms with Crippen molar-refractivity contribution in [3.63, 3.8) is 0 Å². The van der Waals surface area contributed by atoms with Gasteiger partial charge in [-0.2, -0.15) is 0 Å². The molecule has 0 bridgehead atoms. The molecular formula is C16H18FNO2. The summed E-state index contributed by atoms with van der Waals surface area (Å²) in [7, 11) is 3.08. The van der Waals surface area contributed by atoms with Crippen molar-refractivity contribution in [3.05, 3.63) is 53.3 Å².